The number of hydrogen-bond donors (Lipinski definition) is 0. The molecular weight excluding hydrogens is 132 g/mol. The largest absolute Gasteiger partial charge is 0.555 e. The molecule has 0 saturated heterocycles. The monoisotopic (exact) mass is 136 g/mol. The van der Waals surface area contributed by atoms with Crippen LogP contribution in [0.1, 0.15) is 0 Å². The maximum atomic E-state index is 9.83. The quantitative estimate of drug-likeness (QED) is 0.433. The van der Waals surface area contributed by atoms with Crippen LogP contribution in [-0.4, -0.2) is 6.16 Å². The van der Waals surface area contributed by atoms with E-state index >= 15 is 0 Å². The second-order valence-electron chi connectivity index (χ2n) is 1.59. The normalized spacial score (nSPS) is 8.80. The summed E-state index contributed by atoms with van der Waals surface area (Å²) in [5, 5.41) is 9.83. The fourth-order valence-electron chi connectivity index (χ4n) is 0.536. The molecule has 0 spiro atoms. The van der Waals surface area contributed by atoms with Crippen LogP contribution in [0.15, 0.2) is 24.3 Å². The first-order chi connectivity index (χ1) is 4.79. The molecule has 0 unspecified atom stereocenters. The van der Waals surface area contributed by atoms with Gasteiger partial charge in [-0.3, -0.25) is 0 Å². The lowest BCUT2D eigenvalue weighted by Crippen LogP contribution is -2.00. The zero-order chi connectivity index (χ0) is 7.40. The predicted octanol–water partition coefficient (Wildman–Crippen LogP) is 1.42. The summed E-state index contributed by atoms with van der Waals surface area (Å²) >= 11 is 0. The van der Waals surface area contributed by atoms with E-state index in [4.69, 9.17) is 0 Å². The van der Waals surface area contributed by atoms with Crippen molar-refractivity contribution in [1.29, 1.82) is 0 Å². The van der Waals surface area contributed by atoms with Crippen molar-refractivity contribution in [1.82, 2.24) is 0 Å². The third-order valence-corrected chi connectivity index (χ3v) is 0.889. The maximum Gasteiger partial charge on any atom is 0.555 e. The van der Waals surface area contributed by atoms with Crippen molar-refractivity contribution in [2.45, 2.75) is 0 Å². The van der Waals surface area contributed by atoms with Gasteiger partial charge in [0.05, 0.1) is 0 Å². The molecule has 3 heteroatoms. The summed E-state index contributed by atoms with van der Waals surface area (Å²) in [6.07, 6.45) is -1.55. The van der Waals surface area contributed by atoms with E-state index in [9.17, 15) is 9.90 Å². The Kier molecular flexibility index (Phi) is 1.89. The van der Waals surface area contributed by atoms with E-state index in [1.165, 1.54) is 12.1 Å². The van der Waals surface area contributed by atoms with E-state index in [0.717, 1.165) is 0 Å². The van der Waals surface area contributed by atoms with Crippen molar-refractivity contribution in [3.8, 4) is 5.75 Å². The third-order valence-electron chi connectivity index (χ3n) is 0.889. The highest BCUT2D eigenvalue weighted by Crippen LogP contribution is 2.07. The molecule has 0 bridgehead atoms. The number of ether oxygens (including phenoxy) is 1. The molecule has 0 aliphatic carbocycles. The van der Waals surface area contributed by atoms with Gasteiger partial charge in [-0.15, -0.1) is 0 Å². The summed E-state index contributed by atoms with van der Waals surface area (Å²) in [7, 11) is 0. The molecule has 10 heavy (non-hydrogen) atoms. The van der Waals surface area contributed by atoms with Crippen LogP contribution in [0.5, 0.6) is 5.75 Å². The summed E-state index contributed by atoms with van der Waals surface area (Å²) in [6.45, 7) is 0. The second-order valence-corrected chi connectivity index (χ2v) is 1.59. The molecule has 0 aliphatic heterocycles. The van der Waals surface area contributed by atoms with Crippen LogP contribution in [0.4, 0.5) is 4.79 Å². The summed E-state index contributed by atoms with van der Waals surface area (Å²) in [5.41, 5.74) is 0. The Labute approximate surface area is 57.9 Å². The smallest absolute Gasteiger partial charge is 0.392 e. The Bertz CT molecular complexity index is 218. The third kappa shape index (κ3) is 1.78. The molecule has 1 aromatic rings. The second kappa shape index (κ2) is 2.87. The van der Waals surface area contributed by atoms with Crippen LogP contribution in [0.2, 0.25) is 0 Å². The topological polar surface area (TPSA) is 46.2 Å². The van der Waals surface area contributed by atoms with E-state index in [2.05, 4.69) is 10.8 Å². The van der Waals surface area contributed by atoms with Gasteiger partial charge in [0.25, 0.3) is 0 Å². The lowest BCUT2D eigenvalue weighted by atomic mass is 10.3. The fourth-order valence-corrected chi connectivity index (χ4v) is 0.536. The van der Waals surface area contributed by atoms with Gasteiger partial charge in [0, 0.05) is 0 Å². The fraction of sp³-hybridized carbons (Fsp3) is 0. The first-order valence-corrected chi connectivity index (χ1v) is 2.64. The van der Waals surface area contributed by atoms with E-state index in [0.29, 0.717) is 0 Å². The van der Waals surface area contributed by atoms with Crippen molar-refractivity contribution in [2.24, 2.45) is 0 Å². The lowest BCUT2D eigenvalue weighted by molar-refractivity contribution is 0.117. The maximum absolute atomic E-state index is 9.83. The molecule has 0 saturated carbocycles. The molecule has 2 radical (unpaired) electrons. The molecule has 3 nitrogen and oxygen atoms in total. The average molecular weight is 136 g/mol. The minimum Gasteiger partial charge on any atom is -0.392 e. The van der Waals surface area contributed by atoms with Gasteiger partial charge in [-0.2, -0.15) is 9.90 Å². The average Bonchev–Trinajstić information content (AvgIpc) is 1.88. The molecule has 1 aromatic carbocycles. The Morgan fingerprint density at radius 3 is 2.50 bits per heavy atom. The van der Waals surface area contributed by atoms with Gasteiger partial charge in [-0.05, 0) is 18.2 Å². The zero-order valence-corrected chi connectivity index (χ0v) is 5.03. The van der Waals surface area contributed by atoms with Crippen LogP contribution in [0, 0.1) is 6.07 Å². The van der Waals surface area contributed by atoms with Gasteiger partial charge < -0.3 is 4.74 Å². The standard InChI is InChI=1S/C7H4O3/c8-7(9)10-6-4-2-1-3-5-6/h2-5H. The lowest BCUT2D eigenvalue weighted by Gasteiger charge is -1.93. The summed E-state index contributed by atoms with van der Waals surface area (Å²) in [4.78, 5) is 9.83. The van der Waals surface area contributed by atoms with Crippen molar-refractivity contribution >= 4 is 6.16 Å². The van der Waals surface area contributed by atoms with Crippen LogP contribution < -0.4 is 4.74 Å². The van der Waals surface area contributed by atoms with Crippen molar-refractivity contribution in [3.05, 3.63) is 30.3 Å². The molecule has 0 fully saturated rings. The number of carbonyl (C=O) groups excluding carboxylic acids is 1. The first kappa shape index (κ1) is 6.61. The van der Waals surface area contributed by atoms with E-state index < -0.39 is 6.16 Å². The highest BCUT2D eigenvalue weighted by Gasteiger charge is 1.99. The number of hydrogen-bond acceptors (Lipinski definition) is 2. The Morgan fingerprint density at radius 2 is 2.00 bits per heavy atom. The van der Waals surface area contributed by atoms with Crippen molar-refractivity contribution in [3.63, 3.8) is 0 Å². The van der Waals surface area contributed by atoms with Gasteiger partial charge in [0.2, 0.25) is 0 Å². The van der Waals surface area contributed by atoms with Crippen LogP contribution in [0.25, 0.3) is 0 Å². The molecule has 0 amide bonds. The summed E-state index contributed by atoms with van der Waals surface area (Å²) < 4.78 is 4.20. The molecule has 1 rings (SSSR count). The molecule has 50 valence electrons. The Hall–Kier alpha value is -1.51. The minimum absolute atomic E-state index is 0.249. The van der Waals surface area contributed by atoms with Crippen molar-refractivity contribution < 1.29 is 14.6 Å². The van der Waals surface area contributed by atoms with Crippen LogP contribution in [0.3, 0.4) is 0 Å². The van der Waals surface area contributed by atoms with Crippen molar-refractivity contribution in [2.75, 3.05) is 0 Å². The summed E-state index contributed by atoms with van der Waals surface area (Å²) in [6, 6.07) is 8.78. The molecule has 0 aromatic heterocycles. The van der Waals surface area contributed by atoms with Gasteiger partial charge >= 0.3 is 6.16 Å². The number of benzene rings is 1. The number of carbonyl (C=O) groups is 1. The number of rotatable bonds is 1. The predicted molar refractivity (Wildman–Crippen MR) is 32.0 cm³/mol. The molecule has 0 aliphatic rings. The van der Waals surface area contributed by atoms with Gasteiger partial charge in [-0.25, -0.2) is 0 Å². The Morgan fingerprint density at radius 1 is 1.40 bits per heavy atom. The van der Waals surface area contributed by atoms with E-state index in [1.807, 2.05) is 0 Å². The van der Waals surface area contributed by atoms with E-state index in [1.54, 1.807) is 12.1 Å². The molecule has 0 atom stereocenters. The zero-order valence-electron chi connectivity index (χ0n) is 5.03. The van der Waals surface area contributed by atoms with E-state index in [-0.39, 0.29) is 5.75 Å². The van der Waals surface area contributed by atoms with Gasteiger partial charge in [0.15, 0.2) is 0 Å². The van der Waals surface area contributed by atoms with Crippen LogP contribution in [-0.2, 0) is 5.11 Å². The van der Waals surface area contributed by atoms with Crippen LogP contribution >= 0.6 is 0 Å². The molecule has 0 N–H and O–H groups in total. The first-order valence-electron chi connectivity index (χ1n) is 2.64. The summed E-state index contributed by atoms with van der Waals surface area (Å²) in [5.74, 6) is 0.249. The Balaban J connectivity index is 2.67. The van der Waals surface area contributed by atoms with Gasteiger partial charge in [-0.1, -0.05) is 12.1 Å². The molecule has 0 heterocycles. The molecular formula is C7H4O3. The van der Waals surface area contributed by atoms with Gasteiger partial charge in [0.1, 0.15) is 5.75 Å². The highest BCUT2D eigenvalue weighted by atomic mass is 16.7. The minimum atomic E-state index is -1.55. The SMILES string of the molecule is [O]C(=O)Oc1cc[c]cc1. The highest BCUT2D eigenvalue weighted by molar-refractivity contribution is 5.60.